The quantitative estimate of drug-likeness (QED) is 0.286. The summed E-state index contributed by atoms with van der Waals surface area (Å²) in [5, 5.41) is 15.7. The molecular formula is C24H22BrN5O2S. The highest BCUT2D eigenvalue weighted by Gasteiger charge is 2.16. The van der Waals surface area contributed by atoms with Gasteiger partial charge in [0.15, 0.2) is 11.0 Å². The number of rotatable bonds is 9. The zero-order valence-corrected chi connectivity index (χ0v) is 20.3. The molecule has 4 aromatic rings. The van der Waals surface area contributed by atoms with Gasteiger partial charge >= 0.3 is 0 Å². The van der Waals surface area contributed by atoms with Crippen LogP contribution in [0, 0.1) is 0 Å². The van der Waals surface area contributed by atoms with Crippen LogP contribution >= 0.6 is 27.7 Å². The molecule has 0 bridgehead atoms. The van der Waals surface area contributed by atoms with Crippen molar-refractivity contribution in [2.75, 3.05) is 23.5 Å². The number of thioether (sulfide) groups is 1. The van der Waals surface area contributed by atoms with Gasteiger partial charge in [-0.3, -0.25) is 9.36 Å². The van der Waals surface area contributed by atoms with Crippen molar-refractivity contribution in [3.8, 4) is 11.4 Å². The number of carbonyl (C=O) groups excluding carboxylic acids is 1. The molecule has 7 nitrogen and oxygen atoms in total. The second kappa shape index (κ2) is 11.0. The van der Waals surface area contributed by atoms with Crippen LogP contribution in [0.5, 0.6) is 5.75 Å². The molecule has 0 spiro atoms. The molecule has 0 atom stereocenters. The molecule has 4 rings (SSSR count). The third-order valence-corrected chi connectivity index (χ3v) is 6.17. The highest BCUT2D eigenvalue weighted by molar-refractivity contribution is 9.10. The normalized spacial score (nSPS) is 10.6. The summed E-state index contributed by atoms with van der Waals surface area (Å²) in [6.45, 7) is 0.472. The van der Waals surface area contributed by atoms with Crippen LogP contribution in [-0.2, 0) is 11.3 Å². The summed E-state index contributed by atoms with van der Waals surface area (Å²) in [5.74, 6) is 1.65. The Kier molecular flexibility index (Phi) is 7.64. The van der Waals surface area contributed by atoms with Crippen molar-refractivity contribution in [3.63, 3.8) is 0 Å². The fraction of sp³-hybridized carbons (Fsp3) is 0.125. The van der Waals surface area contributed by atoms with Gasteiger partial charge in [-0.05, 0) is 60.7 Å². The van der Waals surface area contributed by atoms with E-state index in [1.807, 2.05) is 83.4 Å². The number of hydrogen-bond donors (Lipinski definition) is 2. The molecule has 1 heterocycles. The summed E-state index contributed by atoms with van der Waals surface area (Å²) in [6, 6.07) is 25.0. The molecular weight excluding hydrogens is 502 g/mol. The summed E-state index contributed by atoms with van der Waals surface area (Å²) < 4.78 is 8.14. The SMILES string of the molecule is COc1ccc(NCc2nnc(SCC(=O)Nc3ccc(Br)cc3)n2-c2ccccc2)cc1. The van der Waals surface area contributed by atoms with Crippen LogP contribution < -0.4 is 15.4 Å². The van der Waals surface area contributed by atoms with Gasteiger partial charge in [0.1, 0.15) is 5.75 Å². The Morgan fingerprint density at radius 3 is 2.36 bits per heavy atom. The molecule has 33 heavy (non-hydrogen) atoms. The van der Waals surface area contributed by atoms with Crippen LogP contribution in [0.4, 0.5) is 11.4 Å². The van der Waals surface area contributed by atoms with Crippen LogP contribution in [0.15, 0.2) is 88.5 Å². The molecule has 9 heteroatoms. The number of para-hydroxylation sites is 1. The van der Waals surface area contributed by atoms with E-state index in [0.29, 0.717) is 11.7 Å². The van der Waals surface area contributed by atoms with Gasteiger partial charge < -0.3 is 15.4 Å². The standard InChI is InChI=1S/C24H22BrN5O2S/c1-32-21-13-11-18(12-14-21)26-15-22-28-29-24(30(22)20-5-3-2-4-6-20)33-16-23(31)27-19-9-7-17(25)8-10-19/h2-14,26H,15-16H2,1H3,(H,27,31). The maximum Gasteiger partial charge on any atom is 0.234 e. The average Bonchev–Trinajstić information content (AvgIpc) is 3.26. The lowest BCUT2D eigenvalue weighted by Gasteiger charge is -2.12. The summed E-state index contributed by atoms with van der Waals surface area (Å²) in [4.78, 5) is 12.5. The first-order chi connectivity index (χ1) is 16.1. The number of aromatic nitrogens is 3. The molecule has 0 aliphatic heterocycles. The number of methoxy groups -OCH3 is 1. The van der Waals surface area contributed by atoms with E-state index in [9.17, 15) is 4.79 Å². The minimum atomic E-state index is -0.108. The molecule has 168 valence electrons. The third kappa shape index (κ3) is 6.15. The van der Waals surface area contributed by atoms with Gasteiger partial charge in [0.05, 0.1) is 19.4 Å². The minimum Gasteiger partial charge on any atom is -0.497 e. The number of amides is 1. The molecule has 1 amide bonds. The number of benzene rings is 3. The van der Waals surface area contributed by atoms with Gasteiger partial charge in [0.2, 0.25) is 5.91 Å². The van der Waals surface area contributed by atoms with Crippen molar-refractivity contribution >= 4 is 45.0 Å². The lowest BCUT2D eigenvalue weighted by atomic mass is 10.3. The maximum atomic E-state index is 12.5. The summed E-state index contributed by atoms with van der Waals surface area (Å²) >= 11 is 4.74. The summed E-state index contributed by atoms with van der Waals surface area (Å²) in [5.41, 5.74) is 2.63. The van der Waals surface area contributed by atoms with Crippen molar-refractivity contribution in [2.24, 2.45) is 0 Å². The zero-order valence-electron chi connectivity index (χ0n) is 17.9. The molecule has 0 radical (unpaired) electrons. The van der Waals surface area contributed by atoms with Crippen molar-refractivity contribution in [1.29, 1.82) is 0 Å². The molecule has 0 fully saturated rings. The third-order valence-electron chi connectivity index (χ3n) is 4.72. The Balaban J connectivity index is 1.47. The lowest BCUT2D eigenvalue weighted by molar-refractivity contribution is -0.113. The average molecular weight is 524 g/mol. The van der Waals surface area contributed by atoms with Crippen molar-refractivity contribution in [1.82, 2.24) is 14.8 Å². The highest BCUT2D eigenvalue weighted by atomic mass is 79.9. The first-order valence-electron chi connectivity index (χ1n) is 10.2. The Bertz CT molecular complexity index is 1200. The number of nitrogens with zero attached hydrogens (tertiary/aromatic N) is 3. The molecule has 1 aromatic heterocycles. The van der Waals surface area contributed by atoms with Crippen molar-refractivity contribution in [3.05, 3.63) is 89.2 Å². The Morgan fingerprint density at radius 2 is 1.67 bits per heavy atom. The van der Waals surface area contributed by atoms with E-state index in [1.165, 1.54) is 11.8 Å². The van der Waals surface area contributed by atoms with Crippen molar-refractivity contribution in [2.45, 2.75) is 11.7 Å². The van der Waals surface area contributed by atoms with Crippen LogP contribution in [0.1, 0.15) is 5.82 Å². The van der Waals surface area contributed by atoms with Crippen LogP contribution in [-0.4, -0.2) is 33.5 Å². The van der Waals surface area contributed by atoms with E-state index in [-0.39, 0.29) is 11.7 Å². The number of hydrogen-bond acceptors (Lipinski definition) is 6. The number of nitrogens with one attached hydrogen (secondary N) is 2. The molecule has 2 N–H and O–H groups in total. The van der Waals surface area contributed by atoms with Gasteiger partial charge in [-0.25, -0.2) is 0 Å². The van der Waals surface area contributed by atoms with Gasteiger partial charge in [-0.2, -0.15) is 0 Å². The van der Waals surface area contributed by atoms with E-state index in [2.05, 4.69) is 36.8 Å². The second-order valence-corrected chi connectivity index (χ2v) is 8.85. The van der Waals surface area contributed by atoms with Gasteiger partial charge in [0, 0.05) is 21.5 Å². The molecule has 0 aliphatic rings. The largest absolute Gasteiger partial charge is 0.497 e. The van der Waals surface area contributed by atoms with Crippen LogP contribution in [0.2, 0.25) is 0 Å². The Morgan fingerprint density at radius 1 is 0.970 bits per heavy atom. The fourth-order valence-corrected chi connectivity index (χ4v) is 4.13. The lowest BCUT2D eigenvalue weighted by Crippen LogP contribution is -2.14. The van der Waals surface area contributed by atoms with E-state index in [1.54, 1.807) is 7.11 Å². The Hall–Kier alpha value is -3.30. The predicted octanol–water partition coefficient (Wildman–Crippen LogP) is 5.38. The van der Waals surface area contributed by atoms with E-state index < -0.39 is 0 Å². The summed E-state index contributed by atoms with van der Waals surface area (Å²) in [6.07, 6.45) is 0. The molecule has 0 unspecified atom stereocenters. The summed E-state index contributed by atoms with van der Waals surface area (Å²) in [7, 11) is 1.64. The van der Waals surface area contributed by atoms with Gasteiger partial charge in [-0.1, -0.05) is 45.9 Å². The Labute approximate surface area is 204 Å². The van der Waals surface area contributed by atoms with Crippen molar-refractivity contribution < 1.29 is 9.53 Å². The molecule has 0 saturated heterocycles. The first-order valence-corrected chi connectivity index (χ1v) is 12.0. The van der Waals surface area contributed by atoms with E-state index in [0.717, 1.165) is 33.1 Å². The first kappa shape index (κ1) is 22.9. The maximum absolute atomic E-state index is 12.5. The van der Waals surface area contributed by atoms with Gasteiger partial charge in [0.25, 0.3) is 0 Å². The monoisotopic (exact) mass is 523 g/mol. The molecule has 3 aromatic carbocycles. The smallest absolute Gasteiger partial charge is 0.234 e. The topological polar surface area (TPSA) is 81.1 Å². The van der Waals surface area contributed by atoms with Gasteiger partial charge in [-0.15, -0.1) is 10.2 Å². The number of carbonyl (C=O) groups is 1. The number of anilines is 2. The van der Waals surface area contributed by atoms with E-state index >= 15 is 0 Å². The zero-order chi connectivity index (χ0) is 23.0. The minimum absolute atomic E-state index is 0.108. The van der Waals surface area contributed by atoms with Crippen LogP contribution in [0.25, 0.3) is 5.69 Å². The van der Waals surface area contributed by atoms with E-state index in [4.69, 9.17) is 4.74 Å². The number of halogens is 1. The molecule has 0 saturated carbocycles. The fourth-order valence-electron chi connectivity index (χ4n) is 3.10. The van der Waals surface area contributed by atoms with Crippen LogP contribution in [0.3, 0.4) is 0 Å². The second-order valence-electron chi connectivity index (χ2n) is 7.00. The number of ether oxygens (including phenoxy) is 1. The predicted molar refractivity (Wildman–Crippen MR) is 135 cm³/mol. The molecule has 0 aliphatic carbocycles. The highest BCUT2D eigenvalue weighted by Crippen LogP contribution is 2.24.